The van der Waals surface area contributed by atoms with Gasteiger partial charge in [-0.25, -0.2) is 0 Å². The largest absolute Gasteiger partial charge is 0.725 e. The van der Waals surface area contributed by atoms with Crippen molar-refractivity contribution in [2.24, 2.45) is 5.73 Å². The minimum atomic E-state index is -2.94. The highest BCUT2D eigenvalue weighted by Crippen LogP contribution is 2.36. The first kappa shape index (κ1) is 26.9. The predicted octanol–water partition coefficient (Wildman–Crippen LogP) is 5.46. The maximum atomic E-state index is 12.6. The monoisotopic (exact) mass is 517 g/mol. The molecule has 1 heterocycles. The van der Waals surface area contributed by atoms with Crippen LogP contribution < -0.4 is 15.8 Å². The van der Waals surface area contributed by atoms with E-state index in [4.69, 9.17) is 15.4 Å². The van der Waals surface area contributed by atoms with Gasteiger partial charge in [-0.2, -0.15) is 4.89 Å². The lowest BCUT2D eigenvalue weighted by molar-refractivity contribution is -0.218. The lowest BCUT2D eigenvalue weighted by atomic mass is 10.0. The van der Waals surface area contributed by atoms with E-state index in [0.29, 0.717) is 12.3 Å². The Kier molecular flexibility index (Phi) is 10.3. The van der Waals surface area contributed by atoms with Gasteiger partial charge in [-0.3, -0.25) is 4.79 Å². The molecule has 1 aromatic heterocycles. The summed E-state index contributed by atoms with van der Waals surface area (Å²) in [6.07, 6.45) is 4.19. The van der Waals surface area contributed by atoms with Crippen LogP contribution in [-0.4, -0.2) is 29.6 Å². The van der Waals surface area contributed by atoms with E-state index < -0.39 is 26.3 Å². The molecule has 10 heteroatoms. The SMILES string of the molecule is C[C@](N)(COO[P+](=O)O)C(=O)Nc1ccc(OCCCCCc2ccccc2)c(-c2cccs2)c1. The Bertz CT molecular complexity index is 1090. The van der Waals surface area contributed by atoms with Gasteiger partial charge in [0.25, 0.3) is 0 Å². The zero-order valence-corrected chi connectivity index (χ0v) is 21.2. The van der Waals surface area contributed by atoms with E-state index >= 15 is 0 Å². The first-order valence-electron chi connectivity index (χ1n) is 11.3. The number of amides is 1. The number of thiophene rings is 1. The molecule has 186 valence electrons. The zero-order valence-electron chi connectivity index (χ0n) is 19.5. The van der Waals surface area contributed by atoms with Crippen LogP contribution in [0.4, 0.5) is 5.69 Å². The second kappa shape index (κ2) is 13.4. The predicted molar refractivity (Wildman–Crippen MR) is 137 cm³/mol. The van der Waals surface area contributed by atoms with Gasteiger partial charge >= 0.3 is 8.25 Å². The van der Waals surface area contributed by atoms with Crippen LogP contribution in [0.1, 0.15) is 31.7 Å². The van der Waals surface area contributed by atoms with Crippen molar-refractivity contribution < 1.29 is 28.6 Å². The second-order valence-electron chi connectivity index (χ2n) is 8.28. The summed E-state index contributed by atoms with van der Waals surface area (Å²) in [7, 11) is -2.94. The van der Waals surface area contributed by atoms with Crippen LogP contribution in [0.15, 0.2) is 66.0 Å². The van der Waals surface area contributed by atoms with Crippen molar-refractivity contribution in [2.75, 3.05) is 18.5 Å². The van der Waals surface area contributed by atoms with Crippen molar-refractivity contribution in [3.63, 3.8) is 0 Å². The van der Waals surface area contributed by atoms with Crippen molar-refractivity contribution in [2.45, 2.75) is 38.1 Å². The zero-order chi connectivity index (χ0) is 25.1. The summed E-state index contributed by atoms with van der Waals surface area (Å²) in [6, 6.07) is 19.8. The maximum Gasteiger partial charge on any atom is 0.725 e. The summed E-state index contributed by atoms with van der Waals surface area (Å²) >= 11 is 1.58. The van der Waals surface area contributed by atoms with Gasteiger partial charge < -0.3 is 15.8 Å². The topological polar surface area (TPSA) is 120 Å². The van der Waals surface area contributed by atoms with Gasteiger partial charge in [-0.15, -0.1) is 16.2 Å². The highest BCUT2D eigenvalue weighted by molar-refractivity contribution is 7.31. The quantitative estimate of drug-likeness (QED) is 0.112. The summed E-state index contributed by atoms with van der Waals surface area (Å²) < 4.78 is 20.8. The van der Waals surface area contributed by atoms with E-state index in [1.54, 1.807) is 17.4 Å². The molecular formula is C25H30N2O6PS+. The van der Waals surface area contributed by atoms with E-state index in [1.165, 1.54) is 12.5 Å². The average molecular weight is 518 g/mol. The minimum absolute atomic E-state index is 0.399. The Morgan fingerprint density at radius 2 is 1.91 bits per heavy atom. The number of hydrogen-bond donors (Lipinski definition) is 3. The molecule has 3 rings (SSSR count). The van der Waals surface area contributed by atoms with Crippen molar-refractivity contribution in [1.82, 2.24) is 0 Å². The molecule has 3 aromatic rings. The summed E-state index contributed by atoms with van der Waals surface area (Å²) in [4.78, 5) is 26.9. The van der Waals surface area contributed by atoms with Crippen LogP contribution in [-0.2, 0) is 25.3 Å². The molecular weight excluding hydrogens is 487 g/mol. The Hall–Kier alpha value is -2.65. The second-order valence-corrected chi connectivity index (χ2v) is 9.85. The standard InChI is InChI=1S/C25H29N2O6PS/c1-25(26,18-32-33-34(29)30)24(28)27-20-13-14-22(21(17-20)23-12-8-16-35-23)31-15-7-3-6-11-19-9-4-2-5-10-19/h2,4-5,8-10,12-14,16-17H,3,6-7,11,15,18,26H2,1H3,(H-,27,28,29,30)/p+1/t25-/m0/s1. The number of carbonyl (C=O) groups is 1. The molecule has 35 heavy (non-hydrogen) atoms. The molecule has 0 saturated heterocycles. The van der Waals surface area contributed by atoms with E-state index in [9.17, 15) is 9.36 Å². The molecule has 0 radical (unpaired) electrons. The Morgan fingerprint density at radius 3 is 2.63 bits per heavy atom. The van der Waals surface area contributed by atoms with Crippen LogP contribution in [0.3, 0.4) is 0 Å². The number of ether oxygens (including phenoxy) is 1. The third-order valence-electron chi connectivity index (χ3n) is 5.23. The van der Waals surface area contributed by atoms with Crippen LogP contribution in [0.25, 0.3) is 10.4 Å². The molecule has 0 bridgehead atoms. The van der Waals surface area contributed by atoms with Crippen LogP contribution >= 0.6 is 19.6 Å². The lowest BCUT2D eigenvalue weighted by Gasteiger charge is -2.22. The number of unbranched alkanes of at least 4 members (excludes halogenated alkanes) is 2. The van der Waals surface area contributed by atoms with Crippen LogP contribution in [0, 0.1) is 0 Å². The van der Waals surface area contributed by atoms with Gasteiger partial charge in [-0.1, -0.05) is 36.4 Å². The Labute approximate surface area is 209 Å². The fraction of sp³-hybridized carbons (Fsp3) is 0.320. The fourth-order valence-corrected chi connectivity index (χ4v) is 4.22. The smallest absolute Gasteiger partial charge is 0.493 e. The number of nitrogens with one attached hydrogen (secondary N) is 1. The Balaban J connectivity index is 1.57. The summed E-state index contributed by atoms with van der Waals surface area (Å²) in [5.41, 5.74) is 7.26. The number of anilines is 1. The highest BCUT2D eigenvalue weighted by atomic mass is 32.1. The van der Waals surface area contributed by atoms with Gasteiger partial charge in [0.15, 0.2) is 0 Å². The summed E-state index contributed by atoms with van der Waals surface area (Å²) in [6.45, 7) is 1.64. The lowest BCUT2D eigenvalue weighted by Crippen LogP contribution is -2.52. The number of hydrogen-bond acceptors (Lipinski definition) is 7. The molecule has 4 N–H and O–H groups in total. The van der Waals surface area contributed by atoms with E-state index in [1.807, 2.05) is 35.7 Å². The molecule has 0 saturated carbocycles. The average Bonchev–Trinajstić information content (AvgIpc) is 3.37. The fourth-order valence-electron chi connectivity index (χ4n) is 3.33. The molecule has 2 aromatic carbocycles. The molecule has 0 aliphatic carbocycles. The van der Waals surface area contributed by atoms with Crippen molar-refractivity contribution in [3.05, 3.63) is 71.6 Å². The maximum absolute atomic E-state index is 12.6. The molecule has 8 nitrogen and oxygen atoms in total. The van der Waals surface area contributed by atoms with E-state index in [-0.39, 0.29) is 0 Å². The number of rotatable bonds is 14. The molecule has 0 aliphatic heterocycles. The van der Waals surface area contributed by atoms with Crippen molar-refractivity contribution >= 4 is 31.2 Å². The van der Waals surface area contributed by atoms with Gasteiger partial charge in [-0.05, 0) is 67.8 Å². The molecule has 1 unspecified atom stereocenters. The van der Waals surface area contributed by atoms with Crippen LogP contribution in [0.5, 0.6) is 5.75 Å². The molecule has 0 aliphatic rings. The normalized spacial score (nSPS) is 13.2. The van der Waals surface area contributed by atoms with Crippen molar-refractivity contribution in [1.29, 1.82) is 0 Å². The van der Waals surface area contributed by atoms with E-state index in [2.05, 4.69) is 39.1 Å². The Morgan fingerprint density at radius 1 is 1.11 bits per heavy atom. The highest BCUT2D eigenvalue weighted by Gasteiger charge is 2.31. The van der Waals surface area contributed by atoms with Gasteiger partial charge in [0.05, 0.1) is 11.3 Å². The van der Waals surface area contributed by atoms with Gasteiger partial charge in [0, 0.05) is 20.7 Å². The first-order valence-corrected chi connectivity index (χ1v) is 13.3. The van der Waals surface area contributed by atoms with Crippen LogP contribution in [0.2, 0.25) is 0 Å². The summed E-state index contributed by atoms with van der Waals surface area (Å²) in [5, 5.41) is 4.74. The van der Waals surface area contributed by atoms with Crippen molar-refractivity contribution in [3.8, 4) is 16.2 Å². The number of nitrogens with two attached hydrogens (primary N) is 1. The molecule has 0 fully saturated rings. The molecule has 1 amide bonds. The van der Waals surface area contributed by atoms with E-state index in [0.717, 1.165) is 41.9 Å². The third-order valence-corrected chi connectivity index (χ3v) is 6.36. The number of aryl methyl sites for hydroxylation is 1. The van der Waals surface area contributed by atoms with Gasteiger partial charge in [0.2, 0.25) is 5.91 Å². The third kappa shape index (κ3) is 8.81. The molecule has 2 atom stereocenters. The van der Waals surface area contributed by atoms with Gasteiger partial charge in [0.1, 0.15) is 17.9 Å². The summed E-state index contributed by atoms with van der Waals surface area (Å²) in [5.74, 6) is 0.214. The molecule has 0 spiro atoms. The number of carbonyl (C=O) groups excluding carboxylic acids is 1. The first-order chi connectivity index (χ1) is 16.8. The number of benzene rings is 2. The minimum Gasteiger partial charge on any atom is -0.493 e.